The van der Waals surface area contributed by atoms with Crippen LogP contribution < -0.4 is 10.9 Å². The Kier molecular flexibility index (Phi) is 4.57. The average Bonchev–Trinajstić information content (AvgIpc) is 2.59. The first-order valence-corrected chi connectivity index (χ1v) is 7.91. The third-order valence-electron chi connectivity index (χ3n) is 4.39. The number of rotatable bonds is 4. The third-order valence-corrected chi connectivity index (χ3v) is 4.39. The van der Waals surface area contributed by atoms with E-state index in [0.717, 1.165) is 19.5 Å². The number of nitrogens with zero attached hydrogens (tertiary/aromatic N) is 1. The number of hydrogen-bond donors (Lipinski definition) is 2. The standard InChI is InChI=1S/C18H21N3O2/c1-13(10-20-18(23)15-6-7-17(22)19-11-15)21-9-8-14-4-2-3-5-16(14)12-21/h2-7,11,13H,8-10,12H2,1H3,(H,19,22)(H,20,23). The van der Waals surface area contributed by atoms with Gasteiger partial charge in [0.25, 0.3) is 5.91 Å². The van der Waals surface area contributed by atoms with Gasteiger partial charge in [-0.1, -0.05) is 24.3 Å². The number of aromatic nitrogens is 1. The van der Waals surface area contributed by atoms with Gasteiger partial charge in [0, 0.05) is 37.9 Å². The molecule has 0 spiro atoms. The molecule has 2 heterocycles. The molecule has 120 valence electrons. The summed E-state index contributed by atoms with van der Waals surface area (Å²) in [5, 5.41) is 2.94. The van der Waals surface area contributed by atoms with E-state index in [1.807, 2.05) is 0 Å². The van der Waals surface area contributed by atoms with Crippen molar-refractivity contribution in [2.24, 2.45) is 0 Å². The lowest BCUT2D eigenvalue weighted by atomic mass is 9.99. The summed E-state index contributed by atoms with van der Waals surface area (Å²) in [6.45, 7) is 4.64. The molecule has 23 heavy (non-hydrogen) atoms. The van der Waals surface area contributed by atoms with Gasteiger partial charge in [-0.05, 0) is 30.5 Å². The molecular weight excluding hydrogens is 290 g/mol. The summed E-state index contributed by atoms with van der Waals surface area (Å²) < 4.78 is 0. The van der Waals surface area contributed by atoms with Crippen molar-refractivity contribution in [1.29, 1.82) is 0 Å². The van der Waals surface area contributed by atoms with Crippen LogP contribution in [-0.2, 0) is 13.0 Å². The van der Waals surface area contributed by atoms with Crippen LogP contribution in [0.5, 0.6) is 0 Å². The van der Waals surface area contributed by atoms with Crippen molar-refractivity contribution >= 4 is 5.91 Å². The zero-order valence-electron chi connectivity index (χ0n) is 13.2. The van der Waals surface area contributed by atoms with Crippen molar-refractivity contribution in [3.05, 3.63) is 69.6 Å². The van der Waals surface area contributed by atoms with Crippen molar-refractivity contribution in [3.63, 3.8) is 0 Å². The number of nitrogens with one attached hydrogen (secondary N) is 2. The molecule has 0 aliphatic carbocycles. The van der Waals surface area contributed by atoms with Gasteiger partial charge in [0.2, 0.25) is 5.56 Å². The second-order valence-corrected chi connectivity index (χ2v) is 5.99. The summed E-state index contributed by atoms with van der Waals surface area (Å²) in [6.07, 6.45) is 2.49. The minimum absolute atomic E-state index is 0.162. The predicted octanol–water partition coefficient (Wildman–Crippen LogP) is 1.55. The first-order valence-electron chi connectivity index (χ1n) is 7.91. The lowest BCUT2D eigenvalue weighted by Gasteiger charge is -2.33. The van der Waals surface area contributed by atoms with E-state index >= 15 is 0 Å². The van der Waals surface area contributed by atoms with Crippen LogP contribution in [0.4, 0.5) is 0 Å². The monoisotopic (exact) mass is 311 g/mol. The van der Waals surface area contributed by atoms with Gasteiger partial charge in [0.15, 0.2) is 0 Å². The number of benzene rings is 1. The number of fused-ring (bicyclic) bond motifs is 1. The Morgan fingerprint density at radius 3 is 2.78 bits per heavy atom. The fourth-order valence-corrected chi connectivity index (χ4v) is 2.92. The van der Waals surface area contributed by atoms with Crippen molar-refractivity contribution in [2.45, 2.75) is 25.9 Å². The predicted molar refractivity (Wildman–Crippen MR) is 89.4 cm³/mol. The number of pyridine rings is 1. The fraction of sp³-hybridized carbons (Fsp3) is 0.333. The summed E-state index contributed by atoms with van der Waals surface area (Å²) in [4.78, 5) is 28.0. The number of aromatic amines is 1. The van der Waals surface area contributed by atoms with Crippen molar-refractivity contribution < 1.29 is 4.79 Å². The van der Waals surface area contributed by atoms with E-state index < -0.39 is 0 Å². The minimum atomic E-state index is -0.207. The van der Waals surface area contributed by atoms with Crippen LogP contribution >= 0.6 is 0 Å². The Morgan fingerprint density at radius 2 is 2.04 bits per heavy atom. The highest BCUT2D eigenvalue weighted by molar-refractivity contribution is 5.93. The second-order valence-electron chi connectivity index (χ2n) is 5.99. The Bertz CT molecular complexity index is 733. The molecule has 1 aromatic carbocycles. The van der Waals surface area contributed by atoms with Gasteiger partial charge in [-0.25, -0.2) is 0 Å². The average molecular weight is 311 g/mol. The highest BCUT2D eigenvalue weighted by Crippen LogP contribution is 2.19. The molecule has 5 nitrogen and oxygen atoms in total. The van der Waals surface area contributed by atoms with Crippen LogP contribution in [0.2, 0.25) is 0 Å². The number of H-pyrrole nitrogens is 1. The van der Waals surface area contributed by atoms with E-state index in [4.69, 9.17) is 0 Å². The SMILES string of the molecule is CC(CNC(=O)c1ccc(=O)[nH]c1)N1CCc2ccccc2C1. The van der Waals surface area contributed by atoms with Crippen LogP contribution in [0.25, 0.3) is 0 Å². The third kappa shape index (κ3) is 3.68. The second kappa shape index (κ2) is 6.79. The maximum absolute atomic E-state index is 12.1. The molecule has 0 fully saturated rings. The van der Waals surface area contributed by atoms with E-state index in [9.17, 15) is 9.59 Å². The van der Waals surface area contributed by atoms with Crippen LogP contribution in [0.15, 0.2) is 47.4 Å². The number of carbonyl (C=O) groups excluding carboxylic acids is 1. The molecule has 1 atom stereocenters. The van der Waals surface area contributed by atoms with Gasteiger partial charge in [-0.3, -0.25) is 14.5 Å². The lowest BCUT2D eigenvalue weighted by molar-refractivity contribution is 0.0932. The molecular formula is C18H21N3O2. The lowest BCUT2D eigenvalue weighted by Crippen LogP contribution is -2.44. The highest BCUT2D eigenvalue weighted by atomic mass is 16.1. The van der Waals surface area contributed by atoms with E-state index in [-0.39, 0.29) is 17.5 Å². The summed E-state index contributed by atoms with van der Waals surface area (Å²) in [5.74, 6) is -0.162. The fourth-order valence-electron chi connectivity index (χ4n) is 2.92. The number of amides is 1. The summed E-state index contributed by atoms with van der Waals surface area (Å²) in [6, 6.07) is 11.7. The first-order chi connectivity index (χ1) is 11.1. The van der Waals surface area contributed by atoms with E-state index in [1.54, 1.807) is 0 Å². The summed E-state index contributed by atoms with van der Waals surface area (Å²) in [7, 11) is 0. The van der Waals surface area contributed by atoms with Gasteiger partial charge in [0.1, 0.15) is 0 Å². The molecule has 1 amide bonds. The smallest absolute Gasteiger partial charge is 0.252 e. The molecule has 0 radical (unpaired) electrons. The molecule has 0 saturated heterocycles. The van der Waals surface area contributed by atoms with Gasteiger partial charge in [0.05, 0.1) is 5.56 Å². The van der Waals surface area contributed by atoms with Crippen LogP contribution in [0.3, 0.4) is 0 Å². The molecule has 1 aliphatic heterocycles. The van der Waals surface area contributed by atoms with E-state index in [1.165, 1.54) is 29.5 Å². The quantitative estimate of drug-likeness (QED) is 0.900. The van der Waals surface area contributed by atoms with Gasteiger partial charge >= 0.3 is 0 Å². The van der Waals surface area contributed by atoms with Crippen molar-refractivity contribution in [1.82, 2.24) is 15.2 Å². The van der Waals surface area contributed by atoms with Crippen LogP contribution in [-0.4, -0.2) is 34.9 Å². The Labute approximate surface area is 135 Å². The zero-order chi connectivity index (χ0) is 16.2. The molecule has 1 aliphatic rings. The molecule has 0 bridgehead atoms. The minimum Gasteiger partial charge on any atom is -0.350 e. The van der Waals surface area contributed by atoms with Gasteiger partial charge in [-0.2, -0.15) is 0 Å². The van der Waals surface area contributed by atoms with Crippen LogP contribution in [0, 0.1) is 0 Å². The molecule has 1 unspecified atom stereocenters. The van der Waals surface area contributed by atoms with E-state index in [0.29, 0.717) is 12.1 Å². The van der Waals surface area contributed by atoms with Gasteiger partial charge < -0.3 is 10.3 Å². The normalized spacial score (nSPS) is 15.7. The van der Waals surface area contributed by atoms with Crippen LogP contribution in [0.1, 0.15) is 28.4 Å². The molecule has 1 aromatic heterocycles. The number of hydrogen-bond acceptors (Lipinski definition) is 3. The first kappa shape index (κ1) is 15.5. The Hall–Kier alpha value is -2.40. The maximum atomic E-state index is 12.1. The molecule has 0 saturated carbocycles. The maximum Gasteiger partial charge on any atom is 0.252 e. The summed E-state index contributed by atoms with van der Waals surface area (Å²) >= 11 is 0. The van der Waals surface area contributed by atoms with Crippen molar-refractivity contribution in [3.8, 4) is 0 Å². The summed E-state index contributed by atoms with van der Waals surface area (Å²) in [5.41, 5.74) is 3.06. The largest absolute Gasteiger partial charge is 0.350 e. The van der Waals surface area contributed by atoms with Crippen molar-refractivity contribution in [2.75, 3.05) is 13.1 Å². The zero-order valence-corrected chi connectivity index (χ0v) is 13.2. The molecule has 3 rings (SSSR count). The Balaban J connectivity index is 1.56. The van der Waals surface area contributed by atoms with Gasteiger partial charge in [-0.15, -0.1) is 0 Å². The molecule has 5 heteroatoms. The molecule has 2 aromatic rings. The van der Waals surface area contributed by atoms with E-state index in [2.05, 4.69) is 46.4 Å². The highest BCUT2D eigenvalue weighted by Gasteiger charge is 2.20. The number of carbonyl (C=O) groups is 1. The topological polar surface area (TPSA) is 65.2 Å². The Morgan fingerprint density at radius 1 is 1.26 bits per heavy atom. The molecule has 2 N–H and O–H groups in total.